The molecule has 3 rings (SSSR count). The van der Waals surface area contributed by atoms with E-state index in [-0.39, 0.29) is 0 Å². The first kappa shape index (κ1) is 11.2. The van der Waals surface area contributed by atoms with Crippen molar-refractivity contribution in [2.24, 2.45) is 0 Å². The predicted octanol–water partition coefficient (Wildman–Crippen LogP) is 2.51. The molecule has 0 saturated carbocycles. The van der Waals surface area contributed by atoms with E-state index in [9.17, 15) is 0 Å². The molecule has 0 aromatic heterocycles. The molecule has 0 aliphatic carbocycles. The van der Waals surface area contributed by atoms with Crippen molar-refractivity contribution in [3.8, 4) is 0 Å². The Labute approximate surface area is 103 Å². The first-order chi connectivity index (χ1) is 8.24. The highest BCUT2D eigenvalue weighted by Gasteiger charge is 2.50. The van der Waals surface area contributed by atoms with Gasteiger partial charge in [0.05, 0.1) is 19.7 Å². The van der Waals surface area contributed by atoms with Gasteiger partial charge in [0, 0.05) is 18.7 Å². The van der Waals surface area contributed by atoms with Crippen molar-refractivity contribution in [1.82, 2.24) is 10.0 Å². The Morgan fingerprint density at radius 2 is 2.29 bits per heavy atom. The van der Waals surface area contributed by atoms with Gasteiger partial charge in [-0.15, -0.1) is 0 Å². The minimum absolute atomic E-state index is 0.410. The molecular weight excluding hydrogens is 212 g/mol. The van der Waals surface area contributed by atoms with E-state index in [4.69, 9.17) is 4.74 Å². The van der Waals surface area contributed by atoms with Gasteiger partial charge in [-0.2, -0.15) is 10.0 Å². The van der Waals surface area contributed by atoms with Crippen molar-refractivity contribution < 1.29 is 4.74 Å². The van der Waals surface area contributed by atoms with Crippen LogP contribution in [0.1, 0.15) is 25.3 Å². The van der Waals surface area contributed by atoms with Crippen molar-refractivity contribution in [2.45, 2.75) is 32.3 Å². The number of hydrogen-bond donors (Lipinski definition) is 1. The van der Waals surface area contributed by atoms with E-state index in [0.717, 1.165) is 24.2 Å². The van der Waals surface area contributed by atoms with E-state index in [1.165, 1.54) is 29.8 Å². The van der Waals surface area contributed by atoms with Crippen molar-refractivity contribution >= 4 is 11.4 Å². The van der Waals surface area contributed by atoms with Crippen LogP contribution in [-0.4, -0.2) is 26.3 Å². The molecule has 0 bridgehead atoms. The Bertz CT molecular complexity index is 426. The summed E-state index contributed by atoms with van der Waals surface area (Å²) in [5.41, 5.74) is 7.85. The van der Waals surface area contributed by atoms with Gasteiger partial charge in [-0.1, -0.05) is 13.0 Å². The highest BCUT2D eigenvalue weighted by Crippen LogP contribution is 2.52. The first-order valence-electron chi connectivity index (χ1n) is 6.61. The van der Waals surface area contributed by atoms with E-state index >= 15 is 0 Å². The smallest absolute Gasteiger partial charge is 0.221 e. The van der Waals surface area contributed by atoms with Crippen LogP contribution in [0, 0.1) is 0 Å². The van der Waals surface area contributed by atoms with Crippen LogP contribution in [0.25, 0.3) is 0 Å². The monoisotopic (exact) mass is 233 g/mol. The van der Waals surface area contributed by atoms with Crippen molar-refractivity contribution in [3.63, 3.8) is 0 Å². The lowest BCUT2D eigenvalue weighted by Gasteiger charge is -2.16. The van der Waals surface area contributed by atoms with Gasteiger partial charge in [0.15, 0.2) is 0 Å². The zero-order chi connectivity index (χ0) is 11.9. The van der Waals surface area contributed by atoms with Gasteiger partial charge in [0.1, 0.15) is 0 Å². The molecule has 0 radical (unpaired) electrons. The average molecular weight is 233 g/mol. The van der Waals surface area contributed by atoms with Crippen LogP contribution in [0.2, 0.25) is 0 Å². The fraction of sp³-hybridized carbons (Fsp3) is 0.571. The van der Waals surface area contributed by atoms with Gasteiger partial charge in [0.2, 0.25) is 11.4 Å². The third kappa shape index (κ3) is 1.88. The van der Waals surface area contributed by atoms with Crippen molar-refractivity contribution in [3.05, 3.63) is 23.8 Å². The second-order valence-corrected chi connectivity index (χ2v) is 5.18. The molecule has 1 aromatic rings. The number of nitrogens with one attached hydrogen (secondary N) is 1. The zero-order valence-corrected chi connectivity index (χ0v) is 10.7. The van der Waals surface area contributed by atoms with Gasteiger partial charge in [-0.25, -0.2) is 0 Å². The van der Waals surface area contributed by atoms with Crippen LogP contribution in [0.3, 0.4) is 0 Å². The normalized spacial score (nSPS) is 30.4. The lowest BCUT2D eigenvalue weighted by molar-refractivity contribution is 0.101. The maximum atomic E-state index is 5.65. The molecule has 2 unspecified atom stereocenters. The summed E-state index contributed by atoms with van der Waals surface area (Å²) in [6, 6.07) is 6.80. The molecule has 1 aromatic carbocycles. The maximum absolute atomic E-state index is 5.65. The highest BCUT2D eigenvalue weighted by atomic mass is 16.5. The number of hydrogen-bond acceptors (Lipinski definition) is 2. The third-order valence-corrected chi connectivity index (χ3v) is 4.02. The minimum atomic E-state index is 0.410. The van der Waals surface area contributed by atoms with Crippen LogP contribution in [0.4, 0.5) is 11.4 Å². The topological polar surface area (TPSA) is 21.3 Å². The van der Waals surface area contributed by atoms with E-state index in [0.29, 0.717) is 6.10 Å². The number of benzene rings is 1. The average Bonchev–Trinajstić information content (AvgIpc) is 2.76. The van der Waals surface area contributed by atoms with Crippen molar-refractivity contribution in [2.75, 3.05) is 20.2 Å². The first-order valence-corrected chi connectivity index (χ1v) is 6.61. The van der Waals surface area contributed by atoms with Crippen LogP contribution >= 0.6 is 0 Å². The SMILES string of the molecule is CCc1ccc2c(c1)[N+]2(C)NCC1CCCO1. The molecular formula is C14H21N2O+. The lowest BCUT2D eigenvalue weighted by atomic mass is 10.2. The lowest BCUT2D eigenvalue weighted by Crippen LogP contribution is -2.45. The molecule has 1 fully saturated rings. The van der Waals surface area contributed by atoms with E-state index in [2.05, 4.69) is 37.6 Å². The number of rotatable bonds is 4. The molecule has 0 amide bonds. The molecule has 2 aliphatic heterocycles. The molecule has 3 nitrogen and oxygen atoms in total. The molecule has 2 atom stereocenters. The maximum Gasteiger partial charge on any atom is 0.221 e. The van der Waals surface area contributed by atoms with E-state index < -0.39 is 0 Å². The largest absolute Gasteiger partial charge is 0.377 e. The standard InChI is InChI=1S/C14H21N2O/c1-3-11-6-7-13-14(9-11)16(13,2)15-10-12-5-4-8-17-12/h6-7,9,12,15H,3-5,8,10H2,1-2H3/q+1. The van der Waals surface area contributed by atoms with Gasteiger partial charge in [-0.05, 0) is 24.8 Å². The molecule has 3 heteroatoms. The van der Waals surface area contributed by atoms with Crippen molar-refractivity contribution in [1.29, 1.82) is 0 Å². The summed E-state index contributed by atoms with van der Waals surface area (Å²) in [5.74, 6) is 0. The van der Waals surface area contributed by atoms with Gasteiger partial charge < -0.3 is 4.74 Å². The second kappa shape index (κ2) is 4.09. The van der Waals surface area contributed by atoms with Gasteiger partial charge >= 0.3 is 0 Å². The molecule has 2 heterocycles. The quantitative estimate of drug-likeness (QED) is 0.637. The zero-order valence-electron chi connectivity index (χ0n) is 10.7. The Kier molecular flexibility index (Phi) is 2.69. The summed E-state index contributed by atoms with van der Waals surface area (Å²) >= 11 is 0. The van der Waals surface area contributed by atoms with Crippen LogP contribution in [0.15, 0.2) is 18.2 Å². The fourth-order valence-electron chi connectivity index (χ4n) is 2.70. The fourth-order valence-corrected chi connectivity index (χ4v) is 2.70. The second-order valence-electron chi connectivity index (χ2n) is 5.18. The van der Waals surface area contributed by atoms with E-state index in [1.807, 2.05) is 0 Å². The Balaban J connectivity index is 1.64. The summed E-state index contributed by atoms with van der Waals surface area (Å²) in [6.45, 7) is 4.09. The molecule has 1 N–H and O–H groups in total. The summed E-state index contributed by atoms with van der Waals surface area (Å²) in [7, 11) is 2.22. The number of fused-ring (bicyclic) bond motifs is 1. The summed E-state index contributed by atoms with van der Waals surface area (Å²) in [5, 5.41) is 0. The number of aryl methyl sites for hydroxylation is 1. The molecule has 1 saturated heterocycles. The summed E-state index contributed by atoms with van der Waals surface area (Å²) < 4.78 is 6.45. The summed E-state index contributed by atoms with van der Waals surface area (Å²) in [6.07, 6.45) is 3.93. The minimum Gasteiger partial charge on any atom is -0.377 e. The Morgan fingerprint density at radius 3 is 3.00 bits per heavy atom. The van der Waals surface area contributed by atoms with Gasteiger partial charge in [-0.3, -0.25) is 0 Å². The number of ether oxygens (including phenoxy) is 1. The highest BCUT2D eigenvalue weighted by molar-refractivity contribution is 5.86. The van der Waals surface area contributed by atoms with Crippen LogP contribution in [0.5, 0.6) is 0 Å². The van der Waals surface area contributed by atoms with E-state index in [1.54, 1.807) is 0 Å². The molecule has 2 aliphatic rings. The summed E-state index contributed by atoms with van der Waals surface area (Å²) in [4.78, 5) is 0. The molecule has 0 spiro atoms. The number of nitrogens with zero attached hydrogens (tertiary/aromatic N) is 1. The third-order valence-electron chi connectivity index (χ3n) is 4.02. The Morgan fingerprint density at radius 1 is 1.41 bits per heavy atom. The molecule has 92 valence electrons. The number of quaternary nitrogens is 1. The Hall–Kier alpha value is -0.900. The van der Waals surface area contributed by atoms with Crippen LogP contribution < -0.4 is 10.0 Å². The van der Waals surface area contributed by atoms with Crippen LogP contribution in [-0.2, 0) is 11.2 Å². The van der Waals surface area contributed by atoms with Gasteiger partial charge in [0.25, 0.3) is 0 Å². The predicted molar refractivity (Wildman–Crippen MR) is 70.2 cm³/mol. The molecule has 17 heavy (non-hydrogen) atoms.